The third kappa shape index (κ3) is 3.98. The Bertz CT molecular complexity index is 1000. The molecule has 0 saturated heterocycles. The lowest BCUT2D eigenvalue weighted by atomic mass is 10.2. The molecule has 2 aromatic carbocycles. The standard InChI is InChI=1S/C20H19N3O4/c1-3-27-18-17(19(24)23(22-18)16-7-5-4-6-8-16)13-21-15-11-9-14(10-12-15)20(25)26-2/h4-13,22H,3H2,1-2H3. The molecule has 1 heterocycles. The third-order valence-corrected chi connectivity index (χ3v) is 3.83. The van der Waals surface area contributed by atoms with Crippen LogP contribution in [0.3, 0.4) is 0 Å². The van der Waals surface area contributed by atoms with Gasteiger partial charge in [-0.15, -0.1) is 0 Å². The van der Waals surface area contributed by atoms with E-state index in [-0.39, 0.29) is 5.56 Å². The van der Waals surface area contributed by atoms with Crippen LogP contribution in [0.1, 0.15) is 22.8 Å². The summed E-state index contributed by atoms with van der Waals surface area (Å²) in [4.78, 5) is 28.6. The molecule has 1 N–H and O–H groups in total. The van der Waals surface area contributed by atoms with Gasteiger partial charge in [-0.3, -0.25) is 14.9 Å². The maximum atomic E-state index is 12.8. The summed E-state index contributed by atoms with van der Waals surface area (Å²) in [5.41, 5.74) is 1.78. The van der Waals surface area contributed by atoms with Crippen molar-refractivity contribution in [2.24, 2.45) is 4.99 Å². The van der Waals surface area contributed by atoms with Crippen LogP contribution in [0.2, 0.25) is 0 Å². The second kappa shape index (κ2) is 8.18. The summed E-state index contributed by atoms with van der Waals surface area (Å²) in [6, 6.07) is 15.8. The van der Waals surface area contributed by atoms with Gasteiger partial charge in [0.05, 0.1) is 30.7 Å². The number of carbonyl (C=O) groups is 1. The number of aromatic nitrogens is 2. The summed E-state index contributed by atoms with van der Waals surface area (Å²) in [6.07, 6.45) is 1.45. The number of aromatic amines is 1. The Labute approximate surface area is 155 Å². The van der Waals surface area contributed by atoms with Crippen LogP contribution in [0.4, 0.5) is 5.69 Å². The molecule has 27 heavy (non-hydrogen) atoms. The maximum Gasteiger partial charge on any atom is 0.337 e. The van der Waals surface area contributed by atoms with Crippen molar-refractivity contribution in [2.75, 3.05) is 13.7 Å². The van der Waals surface area contributed by atoms with Crippen molar-refractivity contribution in [1.29, 1.82) is 0 Å². The van der Waals surface area contributed by atoms with Gasteiger partial charge in [-0.1, -0.05) is 18.2 Å². The van der Waals surface area contributed by atoms with Gasteiger partial charge in [-0.2, -0.15) is 0 Å². The Hall–Kier alpha value is -3.61. The number of nitrogens with one attached hydrogen (secondary N) is 1. The molecule has 138 valence electrons. The number of para-hydroxylation sites is 1. The van der Waals surface area contributed by atoms with Crippen molar-refractivity contribution >= 4 is 17.9 Å². The minimum atomic E-state index is -0.416. The molecular formula is C20H19N3O4. The van der Waals surface area contributed by atoms with Crippen LogP contribution >= 0.6 is 0 Å². The lowest BCUT2D eigenvalue weighted by molar-refractivity contribution is 0.0601. The first-order valence-corrected chi connectivity index (χ1v) is 8.39. The van der Waals surface area contributed by atoms with Crippen LogP contribution in [0.25, 0.3) is 5.69 Å². The molecule has 7 heteroatoms. The SMILES string of the molecule is CCOc1[nH]n(-c2ccccc2)c(=O)c1C=Nc1ccc(C(=O)OC)cc1. The van der Waals surface area contributed by atoms with Gasteiger partial charge in [0.15, 0.2) is 0 Å². The first kappa shape index (κ1) is 18.2. The van der Waals surface area contributed by atoms with E-state index in [4.69, 9.17) is 4.74 Å². The number of rotatable bonds is 6. The molecule has 0 atom stereocenters. The zero-order valence-electron chi connectivity index (χ0n) is 15.0. The Kier molecular flexibility index (Phi) is 5.51. The van der Waals surface area contributed by atoms with Crippen LogP contribution in [-0.4, -0.2) is 35.7 Å². The largest absolute Gasteiger partial charge is 0.478 e. The van der Waals surface area contributed by atoms with Crippen LogP contribution in [0.15, 0.2) is 64.4 Å². The fraction of sp³-hybridized carbons (Fsp3) is 0.150. The number of esters is 1. The van der Waals surface area contributed by atoms with E-state index in [0.29, 0.717) is 35.0 Å². The van der Waals surface area contributed by atoms with Crippen LogP contribution in [0, 0.1) is 0 Å². The van der Waals surface area contributed by atoms with Crippen molar-refractivity contribution < 1.29 is 14.3 Å². The molecule has 0 spiro atoms. The Morgan fingerprint density at radius 3 is 2.48 bits per heavy atom. The Balaban J connectivity index is 1.94. The molecule has 3 aromatic rings. The molecule has 0 radical (unpaired) electrons. The molecule has 0 unspecified atom stereocenters. The highest BCUT2D eigenvalue weighted by molar-refractivity contribution is 5.90. The normalized spacial score (nSPS) is 10.9. The Morgan fingerprint density at radius 1 is 1.15 bits per heavy atom. The van der Waals surface area contributed by atoms with Crippen molar-refractivity contribution in [3.8, 4) is 11.6 Å². The molecule has 0 bridgehead atoms. The van der Waals surface area contributed by atoms with E-state index in [1.54, 1.807) is 24.3 Å². The first-order valence-electron chi connectivity index (χ1n) is 8.39. The van der Waals surface area contributed by atoms with Crippen LogP contribution in [-0.2, 0) is 4.74 Å². The van der Waals surface area contributed by atoms with Gasteiger partial charge in [0.2, 0.25) is 5.88 Å². The summed E-state index contributed by atoms with van der Waals surface area (Å²) in [5.74, 6) is -0.0678. The second-order valence-electron chi connectivity index (χ2n) is 5.56. The minimum absolute atomic E-state index is 0.264. The van der Waals surface area contributed by atoms with E-state index < -0.39 is 5.97 Å². The van der Waals surface area contributed by atoms with Gasteiger partial charge < -0.3 is 9.47 Å². The average molecular weight is 365 g/mol. The van der Waals surface area contributed by atoms with Gasteiger partial charge in [-0.25, -0.2) is 9.48 Å². The highest BCUT2D eigenvalue weighted by atomic mass is 16.5. The van der Waals surface area contributed by atoms with Gasteiger partial charge in [0.1, 0.15) is 5.56 Å². The van der Waals surface area contributed by atoms with Gasteiger partial charge in [0, 0.05) is 6.21 Å². The number of hydrogen-bond acceptors (Lipinski definition) is 5. The molecule has 0 aliphatic rings. The number of carbonyl (C=O) groups excluding carboxylic acids is 1. The number of H-pyrrole nitrogens is 1. The predicted octanol–water partition coefficient (Wildman–Crippen LogP) is 3.10. The number of benzene rings is 2. The van der Waals surface area contributed by atoms with E-state index in [9.17, 15) is 9.59 Å². The summed E-state index contributed by atoms with van der Waals surface area (Å²) in [7, 11) is 1.33. The lowest BCUT2D eigenvalue weighted by Gasteiger charge is -2.01. The smallest absolute Gasteiger partial charge is 0.337 e. The first-order chi connectivity index (χ1) is 13.1. The zero-order chi connectivity index (χ0) is 19.2. The van der Waals surface area contributed by atoms with Crippen molar-refractivity contribution in [3.63, 3.8) is 0 Å². The van der Waals surface area contributed by atoms with Gasteiger partial charge in [-0.05, 0) is 43.3 Å². The van der Waals surface area contributed by atoms with Crippen LogP contribution < -0.4 is 10.3 Å². The lowest BCUT2D eigenvalue weighted by Crippen LogP contribution is -2.17. The molecule has 0 fully saturated rings. The van der Waals surface area contributed by atoms with Gasteiger partial charge in [0.25, 0.3) is 5.56 Å². The highest BCUT2D eigenvalue weighted by Crippen LogP contribution is 2.17. The zero-order valence-corrected chi connectivity index (χ0v) is 15.0. The number of ether oxygens (including phenoxy) is 2. The number of aliphatic imine (C=N–C) groups is 1. The third-order valence-electron chi connectivity index (χ3n) is 3.83. The Morgan fingerprint density at radius 2 is 1.85 bits per heavy atom. The van der Waals surface area contributed by atoms with E-state index in [2.05, 4.69) is 14.8 Å². The molecule has 0 saturated carbocycles. The predicted molar refractivity (Wildman–Crippen MR) is 103 cm³/mol. The van der Waals surface area contributed by atoms with Crippen molar-refractivity contribution in [3.05, 3.63) is 76.1 Å². The number of hydrogen-bond donors (Lipinski definition) is 1. The molecule has 7 nitrogen and oxygen atoms in total. The number of methoxy groups -OCH3 is 1. The second-order valence-corrected chi connectivity index (χ2v) is 5.56. The number of nitrogens with zero attached hydrogens (tertiary/aromatic N) is 2. The maximum absolute atomic E-state index is 12.8. The summed E-state index contributed by atoms with van der Waals surface area (Å²) >= 11 is 0. The van der Waals surface area contributed by atoms with Gasteiger partial charge >= 0.3 is 5.97 Å². The average Bonchev–Trinajstić information content (AvgIpc) is 3.02. The summed E-state index contributed by atoms with van der Waals surface area (Å²) in [6.45, 7) is 2.24. The van der Waals surface area contributed by atoms with Crippen LogP contribution in [0.5, 0.6) is 5.88 Å². The monoisotopic (exact) mass is 365 g/mol. The van der Waals surface area contributed by atoms with E-state index in [1.807, 2.05) is 37.3 Å². The summed E-state index contributed by atoms with van der Waals surface area (Å²) in [5, 5.41) is 2.96. The quantitative estimate of drug-likeness (QED) is 0.537. The topological polar surface area (TPSA) is 85.7 Å². The molecule has 0 aliphatic carbocycles. The fourth-order valence-electron chi connectivity index (χ4n) is 2.50. The molecule has 0 aliphatic heterocycles. The van der Waals surface area contributed by atoms with E-state index in [1.165, 1.54) is 18.0 Å². The molecule has 3 rings (SSSR count). The highest BCUT2D eigenvalue weighted by Gasteiger charge is 2.14. The minimum Gasteiger partial charge on any atom is -0.478 e. The van der Waals surface area contributed by atoms with Crippen molar-refractivity contribution in [2.45, 2.75) is 6.92 Å². The van der Waals surface area contributed by atoms with E-state index in [0.717, 1.165) is 0 Å². The molecule has 0 amide bonds. The van der Waals surface area contributed by atoms with Crippen molar-refractivity contribution in [1.82, 2.24) is 9.78 Å². The summed E-state index contributed by atoms with van der Waals surface area (Å²) < 4.78 is 11.6. The fourth-order valence-corrected chi connectivity index (χ4v) is 2.50. The molecule has 1 aromatic heterocycles. The molecular weight excluding hydrogens is 346 g/mol. The van der Waals surface area contributed by atoms with E-state index >= 15 is 0 Å².